The first-order valence-electron chi connectivity index (χ1n) is 7.44. The molecule has 5 nitrogen and oxygen atoms in total. The molecule has 0 radical (unpaired) electrons. The van der Waals surface area contributed by atoms with Crippen molar-refractivity contribution in [1.82, 2.24) is 0 Å². The van der Waals surface area contributed by atoms with Crippen LogP contribution in [0.15, 0.2) is 42.5 Å². The summed E-state index contributed by atoms with van der Waals surface area (Å²) in [4.78, 5) is 24.6. The number of amides is 2. The molecule has 2 amide bonds. The number of halogens is 2. The summed E-state index contributed by atoms with van der Waals surface area (Å²) in [5.74, 6) is -2.78. The van der Waals surface area contributed by atoms with Crippen LogP contribution in [0.5, 0.6) is 0 Å². The van der Waals surface area contributed by atoms with E-state index in [1.807, 2.05) is 6.07 Å². The highest BCUT2D eigenvalue weighted by Crippen LogP contribution is 2.23. The molecule has 0 aromatic heterocycles. The SMILES string of the molecule is CC(=O)N(CCC(=O)Nc1cccc(C#N)c1)c1c(F)cccc1F. The summed E-state index contributed by atoms with van der Waals surface area (Å²) >= 11 is 0. The number of anilines is 2. The van der Waals surface area contributed by atoms with E-state index in [0.717, 1.165) is 17.0 Å². The van der Waals surface area contributed by atoms with Gasteiger partial charge in [0, 0.05) is 25.6 Å². The minimum atomic E-state index is -0.877. The van der Waals surface area contributed by atoms with Crippen LogP contribution in [0.4, 0.5) is 20.2 Å². The quantitative estimate of drug-likeness (QED) is 0.906. The molecule has 2 rings (SSSR count). The summed E-state index contributed by atoms with van der Waals surface area (Å²) in [6.07, 6.45) is -0.163. The summed E-state index contributed by atoms with van der Waals surface area (Å²) in [6, 6.07) is 11.5. The lowest BCUT2D eigenvalue weighted by atomic mass is 10.2. The lowest BCUT2D eigenvalue weighted by Crippen LogP contribution is -2.33. The van der Waals surface area contributed by atoms with E-state index in [4.69, 9.17) is 5.26 Å². The Morgan fingerprint density at radius 1 is 1.16 bits per heavy atom. The van der Waals surface area contributed by atoms with Gasteiger partial charge in [0.15, 0.2) is 0 Å². The Balaban J connectivity index is 2.07. The zero-order valence-electron chi connectivity index (χ0n) is 13.4. The highest BCUT2D eigenvalue weighted by atomic mass is 19.1. The van der Waals surface area contributed by atoms with E-state index in [2.05, 4.69) is 5.32 Å². The molecule has 2 aromatic rings. The highest BCUT2D eigenvalue weighted by Gasteiger charge is 2.20. The summed E-state index contributed by atoms with van der Waals surface area (Å²) in [6.45, 7) is 0.983. The summed E-state index contributed by atoms with van der Waals surface area (Å²) < 4.78 is 27.7. The molecule has 0 aliphatic heterocycles. The first kappa shape index (κ1) is 18.1. The molecule has 0 fully saturated rings. The van der Waals surface area contributed by atoms with E-state index in [1.54, 1.807) is 18.2 Å². The van der Waals surface area contributed by atoms with Crippen molar-refractivity contribution >= 4 is 23.2 Å². The second kappa shape index (κ2) is 8.02. The van der Waals surface area contributed by atoms with Crippen LogP contribution in [0.1, 0.15) is 18.9 Å². The Kier molecular flexibility index (Phi) is 5.79. The van der Waals surface area contributed by atoms with Crippen molar-refractivity contribution in [2.75, 3.05) is 16.8 Å². The number of para-hydroxylation sites is 1. The van der Waals surface area contributed by atoms with Gasteiger partial charge in [0.1, 0.15) is 17.3 Å². The molecule has 0 aliphatic carbocycles. The lowest BCUT2D eigenvalue weighted by molar-refractivity contribution is -0.117. The van der Waals surface area contributed by atoms with Crippen molar-refractivity contribution in [3.8, 4) is 6.07 Å². The molecular weight excluding hydrogens is 328 g/mol. The van der Waals surface area contributed by atoms with Gasteiger partial charge >= 0.3 is 0 Å². The van der Waals surface area contributed by atoms with Crippen LogP contribution in [0, 0.1) is 23.0 Å². The van der Waals surface area contributed by atoms with Crippen LogP contribution >= 0.6 is 0 Å². The van der Waals surface area contributed by atoms with Gasteiger partial charge in [-0.15, -0.1) is 0 Å². The number of nitriles is 1. The van der Waals surface area contributed by atoms with Gasteiger partial charge in [-0.2, -0.15) is 5.26 Å². The van der Waals surface area contributed by atoms with E-state index < -0.39 is 29.1 Å². The van der Waals surface area contributed by atoms with Gasteiger partial charge in [0.25, 0.3) is 0 Å². The molecule has 0 atom stereocenters. The molecule has 0 saturated heterocycles. The molecule has 2 aromatic carbocycles. The largest absolute Gasteiger partial charge is 0.326 e. The average Bonchev–Trinajstić information content (AvgIpc) is 2.57. The van der Waals surface area contributed by atoms with Gasteiger partial charge in [0.2, 0.25) is 11.8 Å². The van der Waals surface area contributed by atoms with Gasteiger partial charge in [-0.25, -0.2) is 8.78 Å². The number of nitrogens with zero attached hydrogens (tertiary/aromatic N) is 2. The lowest BCUT2D eigenvalue weighted by Gasteiger charge is -2.22. The molecule has 0 spiro atoms. The fraction of sp³-hybridized carbons (Fsp3) is 0.167. The average molecular weight is 343 g/mol. The molecule has 0 saturated carbocycles. The number of carbonyl (C=O) groups is 2. The topological polar surface area (TPSA) is 73.2 Å². The Bertz CT molecular complexity index is 826. The van der Waals surface area contributed by atoms with Crippen molar-refractivity contribution in [2.45, 2.75) is 13.3 Å². The van der Waals surface area contributed by atoms with Crippen molar-refractivity contribution < 1.29 is 18.4 Å². The zero-order chi connectivity index (χ0) is 18.4. The predicted octanol–water partition coefficient (Wildman–Crippen LogP) is 3.22. The third-order valence-electron chi connectivity index (χ3n) is 3.43. The van der Waals surface area contributed by atoms with Crippen LogP contribution in [-0.2, 0) is 9.59 Å². The summed E-state index contributed by atoms with van der Waals surface area (Å²) in [5.41, 5.74) is 0.335. The minimum Gasteiger partial charge on any atom is -0.326 e. The maximum Gasteiger partial charge on any atom is 0.226 e. The maximum atomic E-state index is 13.9. The monoisotopic (exact) mass is 343 g/mol. The van der Waals surface area contributed by atoms with Crippen LogP contribution in [-0.4, -0.2) is 18.4 Å². The van der Waals surface area contributed by atoms with Crippen LogP contribution in [0.25, 0.3) is 0 Å². The molecule has 0 aliphatic rings. The maximum absolute atomic E-state index is 13.9. The highest BCUT2D eigenvalue weighted by molar-refractivity contribution is 5.95. The fourth-order valence-electron chi connectivity index (χ4n) is 2.28. The number of nitrogens with one attached hydrogen (secondary N) is 1. The molecular formula is C18H15F2N3O2. The molecule has 0 heterocycles. The van der Waals surface area contributed by atoms with E-state index in [9.17, 15) is 18.4 Å². The number of rotatable bonds is 5. The number of hydrogen-bond donors (Lipinski definition) is 1. The molecule has 0 bridgehead atoms. The predicted molar refractivity (Wildman–Crippen MR) is 88.8 cm³/mol. The fourth-order valence-corrected chi connectivity index (χ4v) is 2.28. The second-order valence-corrected chi connectivity index (χ2v) is 5.23. The van der Waals surface area contributed by atoms with E-state index in [1.165, 1.54) is 19.1 Å². The Morgan fingerprint density at radius 2 is 1.80 bits per heavy atom. The third-order valence-corrected chi connectivity index (χ3v) is 3.43. The zero-order valence-corrected chi connectivity index (χ0v) is 13.4. The van der Waals surface area contributed by atoms with Gasteiger partial charge in [-0.3, -0.25) is 9.59 Å². The van der Waals surface area contributed by atoms with Crippen molar-refractivity contribution in [3.63, 3.8) is 0 Å². The summed E-state index contributed by atoms with van der Waals surface area (Å²) in [7, 11) is 0. The van der Waals surface area contributed by atoms with Crippen LogP contribution in [0.3, 0.4) is 0 Å². The Morgan fingerprint density at radius 3 is 2.40 bits per heavy atom. The van der Waals surface area contributed by atoms with Crippen molar-refractivity contribution in [2.24, 2.45) is 0 Å². The minimum absolute atomic E-state index is 0.163. The molecule has 25 heavy (non-hydrogen) atoms. The summed E-state index contributed by atoms with van der Waals surface area (Å²) in [5, 5.41) is 11.4. The Hall–Kier alpha value is -3.27. The first-order valence-corrected chi connectivity index (χ1v) is 7.44. The van der Waals surface area contributed by atoms with E-state index >= 15 is 0 Å². The molecule has 7 heteroatoms. The van der Waals surface area contributed by atoms with E-state index in [-0.39, 0.29) is 13.0 Å². The first-order chi connectivity index (χ1) is 11.9. The number of benzene rings is 2. The Labute approximate surface area is 143 Å². The molecule has 0 unspecified atom stereocenters. The molecule has 1 N–H and O–H groups in total. The van der Waals surface area contributed by atoms with Gasteiger partial charge in [-0.05, 0) is 30.3 Å². The second-order valence-electron chi connectivity index (χ2n) is 5.23. The van der Waals surface area contributed by atoms with Crippen LogP contribution < -0.4 is 10.2 Å². The van der Waals surface area contributed by atoms with Gasteiger partial charge < -0.3 is 10.2 Å². The molecule has 128 valence electrons. The van der Waals surface area contributed by atoms with Gasteiger partial charge in [-0.1, -0.05) is 12.1 Å². The van der Waals surface area contributed by atoms with E-state index in [0.29, 0.717) is 11.3 Å². The number of carbonyl (C=O) groups excluding carboxylic acids is 2. The van der Waals surface area contributed by atoms with Crippen molar-refractivity contribution in [3.05, 3.63) is 59.7 Å². The van der Waals surface area contributed by atoms with Crippen LogP contribution in [0.2, 0.25) is 0 Å². The van der Waals surface area contributed by atoms with Gasteiger partial charge in [0.05, 0.1) is 11.6 Å². The smallest absolute Gasteiger partial charge is 0.226 e. The normalized spacial score (nSPS) is 10.0. The third kappa shape index (κ3) is 4.61. The number of hydrogen-bond acceptors (Lipinski definition) is 3. The standard InChI is InChI=1S/C18H15F2N3O2/c1-12(24)23(18-15(19)6-3-7-16(18)20)9-8-17(25)22-14-5-2-4-13(10-14)11-21/h2-7,10H,8-9H2,1H3,(H,22,25). The van der Waals surface area contributed by atoms with Crippen molar-refractivity contribution in [1.29, 1.82) is 5.26 Å².